The molecule has 0 amide bonds. The molecule has 1 aliphatic rings. The van der Waals surface area contributed by atoms with Crippen LogP contribution in [-0.2, 0) is 0 Å². The normalized spacial score (nSPS) is 22.3. The molecule has 1 saturated carbocycles. The number of nitro groups is 1. The van der Waals surface area contributed by atoms with Crippen molar-refractivity contribution in [3.05, 3.63) is 28.3 Å². The van der Waals surface area contributed by atoms with Crippen molar-refractivity contribution in [2.75, 3.05) is 12.4 Å². The highest BCUT2D eigenvalue weighted by Crippen LogP contribution is 2.34. The molecule has 1 N–H and O–H groups in total. The van der Waals surface area contributed by atoms with Crippen LogP contribution >= 0.6 is 0 Å². The van der Waals surface area contributed by atoms with Crippen LogP contribution in [0.2, 0.25) is 0 Å². The summed E-state index contributed by atoms with van der Waals surface area (Å²) < 4.78 is 5.17. The van der Waals surface area contributed by atoms with E-state index in [0.717, 1.165) is 12.8 Å². The molecule has 1 aliphatic carbocycles. The molecule has 0 saturated heterocycles. The summed E-state index contributed by atoms with van der Waals surface area (Å²) in [7, 11) is 1.57. The van der Waals surface area contributed by atoms with E-state index in [9.17, 15) is 10.1 Å². The number of methoxy groups -OCH3 is 1. The zero-order chi connectivity index (χ0) is 14.5. The van der Waals surface area contributed by atoms with Crippen molar-refractivity contribution in [2.24, 2.45) is 5.92 Å². The van der Waals surface area contributed by atoms with E-state index in [-0.39, 0.29) is 10.6 Å². The highest BCUT2D eigenvalue weighted by molar-refractivity contribution is 5.64. The van der Waals surface area contributed by atoms with Crippen LogP contribution in [0.3, 0.4) is 0 Å². The molecular weight excluding hydrogens is 256 g/mol. The van der Waals surface area contributed by atoms with E-state index in [0.29, 0.717) is 23.4 Å². The molecule has 0 heterocycles. The van der Waals surface area contributed by atoms with Crippen LogP contribution in [-0.4, -0.2) is 18.1 Å². The van der Waals surface area contributed by atoms with Crippen LogP contribution in [0.1, 0.15) is 39.0 Å². The molecule has 1 aromatic rings. The molecular formula is C15H22N2O3. The van der Waals surface area contributed by atoms with Crippen molar-refractivity contribution in [2.45, 2.75) is 45.1 Å². The lowest BCUT2D eigenvalue weighted by Gasteiger charge is -2.32. The molecule has 0 radical (unpaired) electrons. The zero-order valence-corrected chi connectivity index (χ0v) is 12.1. The molecule has 2 atom stereocenters. The molecule has 0 spiro atoms. The summed E-state index contributed by atoms with van der Waals surface area (Å²) in [6, 6.07) is 5.17. The van der Waals surface area contributed by atoms with Crippen molar-refractivity contribution < 1.29 is 9.66 Å². The number of nitrogens with one attached hydrogen (secondary N) is 1. The molecule has 5 nitrogen and oxygen atoms in total. The van der Waals surface area contributed by atoms with Gasteiger partial charge in [0.1, 0.15) is 11.4 Å². The Labute approximate surface area is 119 Å². The SMILES string of the molecule is CCC1CCCCC1Nc1cc(OC)ccc1[N+](=O)[O-]. The first-order valence-corrected chi connectivity index (χ1v) is 7.24. The van der Waals surface area contributed by atoms with Crippen molar-refractivity contribution in [3.8, 4) is 5.75 Å². The highest BCUT2D eigenvalue weighted by Gasteiger charge is 2.26. The van der Waals surface area contributed by atoms with E-state index < -0.39 is 0 Å². The second kappa shape index (κ2) is 6.59. The number of hydrogen-bond donors (Lipinski definition) is 1. The fourth-order valence-corrected chi connectivity index (χ4v) is 3.00. The Bertz CT molecular complexity index is 476. The summed E-state index contributed by atoms with van der Waals surface area (Å²) in [4.78, 5) is 10.8. The summed E-state index contributed by atoms with van der Waals surface area (Å²) in [5.41, 5.74) is 0.686. The Balaban J connectivity index is 2.23. The monoisotopic (exact) mass is 278 g/mol. The molecule has 2 unspecified atom stereocenters. The lowest BCUT2D eigenvalue weighted by Crippen LogP contribution is -2.32. The molecule has 2 rings (SSSR count). The van der Waals surface area contributed by atoms with E-state index in [2.05, 4.69) is 12.2 Å². The second-order valence-electron chi connectivity index (χ2n) is 5.34. The van der Waals surface area contributed by atoms with Gasteiger partial charge in [-0.15, -0.1) is 0 Å². The van der Waals surface area contributed by atoms with E-state index in [1.54, 1.807) is 19.2 Å². The molecule has 0 aromatic heterocycles. The van der Waals surface area contributed by atoms with Crippen LogP contribution in [0.5, 0.6) is 5.75 Å². The zero-order valence-electron chi connectivity index (χ0n) is 12.1. The van der Waals surface area contributed by atoms with Crippen molar-refractivity contribution in [3.63, 3.8) is 0 Å². The Morgan fingerprint density at radius 1 is 1.40 bits per heavy atom. The van der Waals surface area contributed by atoms with Crippen molar-refractivity contribution >= 4 is 11.4 Å². The summed E-state index contributed by atoms with van der Waals surface area (Å²) in [6.45, 7) is 2.19. The molecule has 1 fully saturated rings. The van der Waals surface area contributed by atoms with Crippen LogP contribution in [0, 0.1) is 16.0 Å². The van der Waals surface area contributed by atoms with Crippen LogP contribution in [0.15, 0.2) is 18.2 Å². The van der Waals surface area contributed by atoms with E-state index in [1.807, 2.05) is 0 Å². The molecule has 110 valence electrons. The highest BCUT2D eigenvalue weighted by atomic mass is 16.6. The van der Waals surface area contributed by atoms with Gasteiger partial charge >= 0.3 is 0 Å². The van der Waals surface area contributed by atoms with Gasteiger partial charge in [0.05, 0.1) is 12.0 Å². The summed E-state index contributed by atoms with van der Waals surface area (Å²) in [5.74, 6) is 1.23. The maximum atomic E-state index is 11.1. The minimum atomic E-state index is -0.342. The number of nitrogens with zero attached hydrogens (tertiary/aromatic N) is 1. The third kappa shape index (κ3) is 3.21. The standard InChI is InChI=1S/C15H22N2O3/c1-3-11-6-4-5-7-13(11)16-14-10-12(20-2)8-9-15(14)17(18)19/h8-11,13,16H,3-7H2,1-2H3. The Morgan fingerprint density at radius 2 is 2.15 bits per heavy atom. The molecule has 1 aromatic carbocycles. The molecule has 20 heavy (non-hydrogen) atoms. The van der Waals surface area contributed by atoms with Gasteiger partial charge in [-0.1, -0.05) is 26.2 Å². The van der Waals surface area contributed by atoms with Gasteiger partial charge in [0, 0.05) is 18.2 Å². The second-order valence-corrected chi connectivity index (χ2v) is 5.34. The fraction of sp³-hybridized carbons (Fsp3) is 0.600. The third-order valence-corrected chi connectivity index (χ3v) is 4.17. The van der Waals surface area contributed by atoms with Gasteiger partial charge in [-0.25, -0.2) is 0 Å². The van der Waals surface area contributed by atoms with Gasteiger partial charge in [-0.2, -0.15) is 0 Å². The minimum Gasteiger partial charge on any atom is -0.497 e. The molecule has 5 heteroatoms. The summed E-state index contributed by atoms with van der Waals surface area (Å²) in [5, 5.41) is 14.5. The quantitative estimate of drug-likeness (QED) is 0.653. The maximum Gasteiger partial charge on any atom is 0.292 e. The number of hydrogen-bond acceptors (Lipinski definition) is 4. The summed E-state index contributed by atoms with van der Waals surface area (Å²) >= 11 is 0. The predicted molar refractivity (Wildman–Crippen MR) is 79.3 cm³/mol. The van der Waals surface area contributed by atoms with Crippen LogP contribution < -0.4 is 10.1 Å². The van der Waals surface area contributed by atoms with Crippen molar-refractivity contribution in [1.29, 1.82) is 0 Å². The predicted octanol–water partition coefficient (Wildman–Crippen LogP) is 3.98. The number of ether oxygens (including phenoxy) is 1. The lowest BCUT2D eigenvalue weighted by atomic mass is 9.83. The van der Waals surface area contributed by atoms with Crippen molar-refractivity contribution in [1.82, 2.24) is 0 Å². The fourth-order valence-electron chi connectivity index (χ4n) is 3.00. The number of nitro benzene ring substituents is 1. The van der Waals surface area contributed by atoms with Crippen LogP contribution in [0.25, 0.3) is 0 Å². The van der Waals surface area contributed by atoms with Gasteiger partial charge in [-0.05, 0) is 24.8 Å². The Kier molecular flexibility index (Phi) is 4.82. The van der Waals surface area contributed by atoms with Gasteiger partial charge in [0.2, 0.25) is 0 Å². The largest absolute Gasteiger partial charge is 0.497 e. The summed E-state index contributed by atoms with van der Waals surface area (Å²) in [6.07, 6.45) is 5.83. The number of anilines is 1. The van der Waals surface area contributed by atoms with Crippen LogP contribution in [0.4, 0.5) is 11.4 Å². The van der Waals surface area contributed by atoms with E-state index in [4.69, 9.17) is 4.74 Å². The Morgan fingerprint density at radius 3 is 2.80 bits per heavy atom. The Hall–Kier alpha value is -1.78. The first-order chi connectivity index (χ1) is 9.65. The van der Waals surface area contributed by atoms with E-state index >= 15 is 0 Å². The number of rotatable bonds is 5. The van der Waals surface area contributed by atoms with Gasteiger partial charge in [0.15, 0.2) is 0 Å². The average molecular weight is 278 g/mol. The number of benzene rings is 1. The smallest absolute Gasteiger partial charge is 0.292 e. The third-order valence-electron chi connectivity index (χ3n) is 4.17. The molecule has 0 bridgehead atoms. The van der Waals surface area contributed by atoms with Gasteiger partial charge in [0.25, 0.3) is 5.69 Å². The lowest BCUT2D eigenvalue weighted by molar-refractivity contribution is -0.384. The first-order valence-electron chi connectivity index (χ1n) is 7.24. The van der Waals surface area contributed by atoms with E-state index in [1.165, 1.54) is 25.3 Å². The minimum absolute atomic E-state index is 0.117. The van der Waals surface area contributed by atoms with Gasteiger partial charge in [-0.3, -0.25) is 10.1 Å². The maximum absolute atomic E-state index is 11.1. The average Bonchev–Trinajstić information content (AvgIpc) is 2.47. The van der Waals surface area contributed by atoms with Gasteiger partial charge < -0.3 is 10.1 Å². The molecule has 0 aliphatic heterocycles. The first kappa shape index (κ1) is 14.6. The topological polar surface area (TPSA) is 64.4 Å².